The Morgan fingerprint density at radius 2 is 1.74 bits per heavy atom. The van der Waals surface area contributed by atoms with Gasteiger partial charge in [-0.25, -0.2) is 9.97 Å². The lowest BCUT2D eigenvalue weighted by atomic mass is 10.2. The summed E-state index contributed by atoms with van der Waals surface area (Å²) in [4.78, 5) is 16.0. The van der Waals surface area contributed by atoms with Crippen molar-refractivity contribution in [1.82, 2.24) is 19.9 Å². The van der Waals surface area contributed by atoms with Gasteiger partial charge in [-0.1, -0.05) is 36.4 Å². The highest BCUT2D eigenvalue weighted by molar-refractivity contribution is 5.56. The predicted molar refractivity (Wildman–Crippen MR) is 111 cm³/mol. The topological polar surface area (TPSA) is 53.9 Å². The number of hydrogen-bond donors (Lipinski definition) is 1. The molecule has 0 amide bonds. The largest absolute Gasteiger partial charge is 0.370 e. The first-order chi connectivity index (χ1) is 13.1. The summed E-state index contributed by atoms with van der Waals surface area (Å²) < 4.78 is 0. The van der Waals surface area contributed by atoms with Crippen molar-refractivity contribution < 1.29 is 0 Å². The summed E-state index contributed by atoms with van der Waals surface area (Å²) in [7, 11) is 2.16. The average Bonchev–Trinajstić information content (AvgIpc) is 2.69. The minimum Gasteiger partial charge on any atom is -0.370 e. The molecule has 0 aliphatic rings. The van der Waals surface area contributed by atoms with E-state index in [1.54, 1.807) is 6.20 Å². The van der Waals surface area contributed by atoms with Crippen LogP contribution in [0.1, 0.15) is 23.2 Å². The molecule has 1 aromatic carbocycles. The number of pyridine rings is 1. The highest BCUT2D eigenvalue weighted by Crippen LogP contribution is 2.20. The second kappa shape index (κ2) is 9.24. The van der Waals surface area contributed by atoms with Crippen LogP contribution in [0.5, 0.6) is 0 Å². The molecule has 2 aromatic heterocycles. The Bertz CT molecular complexity index is 849. The van der Waals surface area contributed by atoms with Crippen LogP contribution < -0.4 is 5.32 Å². The second-order valence-electron chi connectivity index (χ2n) is 6.82. The van der Waals surface area contributed by atoms with E-state index < -0.39 is 0 Å². The quantitative estimate of drug-likeness (QED) is 0.613. The number of nitrogens with one attached hydrogen (secondary N) is 1. The Kier molecular flexibility index (Phi) is 6.49. The number of hydrogen-bond acceptors (Lipinski definition) is 5. The molecule has 3 rings (SSSR count). The summed E-state index contributed by atoms with van der Waals surface area (Å²) >= 11 is 0. The number of aryl methyl sites for hydroxylation is 1. The zero-order valence-corrected chi connectivity index (χ0v) is 16.3. The molecule has 0 atom stereocenters. The van der Waals surface area contributed by atoms with Gasteiger partial charge in [0.05, 0.1) is 0 Å². The first-order valence-corrected chi connectivity index (χ1v) is 9.36. The molecule has 0 saturated carbocycles. The van der Waals surface area contributed by atoms with E-state index in [9.17, 15) is 0 Å². The minimum absolute atomic E-state index is 0.669. The van der Waals surface area contributed by atoms with Crippen LogP contribution in [0.2, 0.25) is 0 Å². The predicted octanol–water partition coefficient (Wildman–Crippen LogP) is 4.09. The zero-order chi connectivity index (χ0) is 19.1. The van der Waals surface area contributed by atoms with Crippen LogP contribution in [-0.2, 0) is 6.54 Å². The van der Waals surface area contributed by atoms with E-state index in [1.165, 1.54) is 5.56 Å². The monoisotopic (exact) mass is 361 g/mol. The molecule has 0 aliphatic carbocycles. The number of nitrogens with zero attached hydrogens (tertiary/aromatic N) is 4. The van der Waals surface area contributed by atoms with Crippen molar-refractivity contribution in [3.63, 3.8) is 0 Å². The maximum atomic E-state index is 4.69. The highest BCUT2D eigenvalue weighted by atomic mass is 15.1. The summed E-state index contributed by atoms with van der Waals surface area (Å²) in [5.74, 6) is 1.57. The Labute approximate surface area is 161 Å². The van der Waals surface area contributed by atoms with Crippen molar-refractivity contribution >= 4 is 5.82 Å². The summed E-state index contributed by atoms with van der Waals surface area (Å²) in [5.41, 5.74) is 4.21. The molecule has 5 heteroatoms. The number of rotatable bonds is 8. The number of anilines is 1. The standard InChI is InChI=1S/C22H27N5/c1-17-18(2)25-22(20-12-7-8-13-23-20)26-21(17)24-14-9-15-27(3)16-19-10-5-4-6-11-19/h4-8,10-13H,9,14-16H2,1-3H3,(H,24,25,26). The van der Waals surface area contributed by atoms with Crippen LogP contribution in [-0.4, -0.2) is 40.0 Å². The molecule has 140 valence electrons. The van der Waals surface area contributed by atoms with Gasteiger partial charge in [0.25, 0.3) is 0 Å². The van der Waals surface area contributed by atoms with Crippen LogP contribution >= 0.6 is 0 Å². The molecule has 0 aliphatic heterocycles. The van der Waals surface area contributed by atoms with Gasteiger partial charge >= 0.3 is 0 Å². The normalized spacial score (nSPS) is 11.0. The minimum atomic E-state index is 0.669. The first-order valence-electron chi connectivity index (χ1n) is 9.36. The lowest BCUT2D eigenvalue weighted by Gasteiger charge is -2.17. The smallest absolute Gasteiger partial charge is 0.180 e. The van der Waals surface area contributed by atoms with Crippen molar-refractivity contribution in [1.29, 1.82) is 0 Å². The Hall–Kier alpha value is -2.79. The molecule has 0 saturated heterocycles. The van der Waals surface area contributed by atoms with Crippen LogP contribution in [0.4, 0.5) is 5.82 Å². The van der Waals surface area contributed by atoms with Gasteiger partial charge in [-0.05, 0) is 51.6 Å². The maximum absolute atomic E-state index is 4.69. The molecular weight excluding hydrogens is 334 g/mol. The van der Waals surface area contributed by atoms with Gasteiger partial charge in [0.1, 0.15) is 11.5 Å². The van der Waals surface area contributed by atoms with E-state index in [-0.39, 0.29) is 0 Å². The molecule has 2 heterocycles. The van der Waals surface area contributed by atoms with Crippen LogP contribution in [0.3, 0.4) is 0 Å². The van der Waals surface area contributed by atoms with Gasteiger partial charge < -0.3 is 10.2 Å². The Morgan fingerprint density at radius 3 is 2.48 bits per heavy atom. The number of aromatic nitrogens is 3. The fourth-order valence-electron chi connectivity index (χ4n) is 2.94. The average molecular weight is 361 g/mol. The Morgan fingerprint density at radius 1 is 0.963 bits per heavy atom. The third kappa shape index (κ3) is 5.34. The van der Waals surface area contributed by atoms with Gasteiger partial charge in [0, 0.05) is 30.5 Å². The van der Waals surface area contributed by atoms with Gasteiger partial charge in [0.15, 0.2) is 5.82 Å². The van der Waals surface area contributed by atoms with Crippen molar-refractivity contribution in [3.05, 3.63) is 71.5 Å². The van der Waals surface area contributed by atoms with E-state index in [0.29, 0.717) is 5.82 Å². The SMILES string of the molecule is Cc1nc(-c2ccccn2)nc(NCCCN(C)Cc2ccccc2)c1C. The fourth-order valence-corrected chi connectivity index (χ4v) is 2.94. The highest BCUT2D eigenvalue weighted by Gasteiger charge is 2.10. The lowest BCUT2D eigenvalue weighted by Crippen LogP contribution is -2.21. The molecule has 0 unspecified atom stereocenters. The fraction of sp³-hybridized carbons (Fsp3) is 0.318. The summed E-state index contributed by atoms with van der Waals surface area (Å²) in [5, 5.41) is 3.48. The van der Waals surface area contributed by atoms with Gasteiger partial charge in [0.2, 0.25) is 0 Å². The molecule has 27 heavy (non-hydrogen) atoms. The van der Waals surface area contributed by atoms with Gasteiger partial charge in [-0.15, -0.1) is 0 Å². The molecule has 0 spiro atoms. The summed E-state index contributed by atoms with van der Waals surface area (Å²) in [6.07, 6.45) is 2.81. The number of benzene rings is 1. The molecule has 1 N–H and O–H groups in total. The van der Waals surface area contributed by atoms with Crippen molar-refractivity contribution in [2.45, 2.75) is 26.8 Å². The summed E-state index contributed by atoms with van der Waals surface area (Å²) in [6.45, 7) is 6.94. The van der Waals surface area contributed by atoms with E-state index >= 15 is 0 Å². The third-order valence-electron chi connectivity index (χ3n) is 4.59. The summed E-state index contributed by atoms with van der Waals surface area (Å²) in [6, 6.07) is 16.4. The molecule has 0 bridgehead atoms. The van der Waals surface area contributed by atoms with Crippen molar-refractivity contribution in [3.8, 4) is 11.5 Å². The lowest BCUT2D eigenvalue weighted by molar-refractivity contribution is 0.325. The maximum Gasteiger partial charge on any atom is 0.180 e. The molecule has 5 nitrogen and oxygen atoms in total. The van der Waals surface area contributed by atoms with E-state index in [0.717, 1.165) is 48.8 Å². The van der Waals surface area contributed by atoms with E-state index in [2.05, 4.69) is 69.5 Å². The van der Waals surface area contributed by atoms with Crippen molar-refractivity contribution in [2.75, 3.05) is 25.5 Å². The van der Waals surface area contributed by atoms with Crippen LogP contribution in [0, 0.1) is 13.8 Å². The second-order valence-corrected chi connectivity index (χ2v) is 6.82. The Balaban J connectivity index is 1.55. The zero-order valence-electron chi connectivity index (χ0n) is 16.3. The van der Waals surface area contributed by atoms with Crippen LogP contribution in [0.25, 0.3) is 11.5 Å². The molecular formula is C22H27N5. The first kappa shape index (κ1) is 19.0. The molecule has 3 aromatic rings. The van der Waals surface area contributed by atoms with E-state index in [4.69, 9.17) is 0 Å². The molecule has 0 fully saturated rings. The van der Waals surface area contributed by atoms with Gasteiger partial charge in [-0.3, -0.25) is 4.98 Å². The molecule has 0 radical (unpaired) electrons. The van der Waals surface area contributed by atoms with Gasteiger partial charge in [-0.2, -0.15) is 0 Å². The third-order valence-corrected chi connectivity index (χ3v) is 4.59. The van der Waals surface area contributed by atoms with Crippen LogP contribution in [0.15, 0.2) is 54.7 Å². The van der Waals surface area contributed by atoms with E-state index in [1.807, 2.05) is 25.1 Å². The van der Waals surface area contributed by atoms with Crippen molar-refractivity contribution in [2.24, 2.45) is 0 Å².